The quantitative estimate of drug-likeness (QED) is 0.705. The van der Waals surface area contributed by atoms with Gasteiger partial charge in [-0.2, -0.15) is 0 Å². The van der Waals surface area contributed by atoms with Crippen LogP contribution in [-0.2, 0) is 17.8 Å². The van der Waals surface area contributed by atoms with Crippen molar-refractivity contribution in [3.8, 4) is 5.75 Å². The molecule has 0 saturated carbocycles. The molecule has 0 aliphatic carbocycles. The van der Waals surface area contributed by atoms with Gasteiger partial charge in [-0.15, -0.1) is 0 Å². The van der Waals surface area contributed by atoms with Crippen molar-refractivity contribution in [3.05, 3.63) is 58.3 Å². The number of nitrogens with one attached hydrogen (secondary N) is 3. The molecule has 24 heavy (non-hydrogen) atoms. The first-order chi connectivity index (χ1) is 11.6. The lowest BCUT2D eigenvalue weighted by Crippen LogP contribution is -2.62. The first-order valence-electron chi connectivity index (χ1n) is 7.77. The predicted octanol–water partition coefficient (Wildman–Crippen LogP) is 0.227. The monoisotopic (exact) mass is 328 g/mol. The third-order valence-corrected chi connectivity index (χ3v) is 4.25. The molecule has 1 aromatic heterocycles. The second-order valence-corrected chi connectivity index (χ2v) is 6.00. The fraction of sp³-hybridized carbons (Fsp3) is 0.353. The number of H-pyrrole nitrogens is 1. The van der Waals surface area contributed by atoms with Crippen LogP contribution in [0.4, 0.5) is 0 Å². The zero-order valence-corrected chi connectivity index (χ0v) is 13.5. The molecule has 0 atom stereocenters. The number of ether oxygens (including phenoxy) is 1. The number of carbonyl (C=O) groups is 1. The Hall–Kier alpha value is -2.67. The number of aromatic amines is 1. The van der Waals surface area contributed by atoms with Gasteiger partial charge in [-0.1, -0.05) is 12.1 Å². The molecule has 0 radical (unpaired) electrons. The van der Waals surface area contributed by atoms with Gasteiger partial charge in [0, 0.05) is 19.2 Å². The van der Waals surface area contributed by atoms with E-state index in [1.54, 1.807) is 7.11 Å². The number of amides is 1. The summed E-state index contributed by atoms with van der Waals surface area (Å²) in [6.07, 6.45) is 1.96. The van der Waals surface area contributed by atoms with Crippen molar-refractivity contribution in [3.63, 3.8) is 0 Å². The molecule has 1 fully saturated rings. The van der Waals surface area contributed by atoms with Crippen molar-refractivity contribution >= 4 is 5.91 Å². The fourth-order valence-electron chi connectivity index (χ4n) is 2.83. The van der Waals surface area contributed by atoms with Gasteiger partial charge in [0.25, 0.3) is 5.56 Å². The van der Waals surface area contributed by atoms with Gasteiger partial charge in [0.15, 0.2) is 0 Å². The largest absolute Gasteiger partial charge is 0.497 e. The Labute approximate surface area is 139 Å². The average molecular weight is 328 g/mol. The number of benzene rings is 1. The molecule has 0 unspecified atom stereocenters. The highest BCUT2D eigenvalue weighted by molar-refractivity contribution is 5.84. The Morgan fingerprint density at radius 3 is 2.88 bits per heavy atom. The lowest BCUT2D eigenvalue weighted by molar-refractivity contribution is -0.134. The third kappa shape index (κ3) is 3.46. The van der Waals surface area contributed by atoms with E-state index in [2.05, 4.69) is 20.6 Å². The van der Waals surface area contributed by atoms with Crippen LogP contribution in [0, 0.1) is 5.41 Å². The van der Waals surface area contributed by atoms with E-state index in [-0.39, 0.29) is 18.0 Å². The highest BCUT2D eigenvalue weighted by Gasteiger charge is 2.44. The molecule has 3 N–H and O–H groups in total. The normalized spacial score (nSPS) is 15.4. The molecule has 126 valence electrons. The maximum atomic E-state index is 12.7. The molecule has 1 aliphatic heterocycles. The minimum absolute atomic E-state index is 0.0360. The smallest absolute Gasteiger partial charge is 0.250 e. The van der Waals surface area contributed by atoms with E-state index in [4.69, 9.17) is 4.74 Å². The average Bonchev–Trinajstić information content (AvgIpc) is 2.56. The van der Waals surface area contributed by atoms with E-state index < -0.39 is 5.41 Å². The summed E-state index contributed by atoms with van der Waals surface area (Å²) in [4.78, 5) is 30.4. The van der Waals surface area contributed by atoms with Crippen molar-refractivity contribution in [1.29, 1.82) is 0 Å². The topological polar surface area (TPSA) is 96.1 Å². The number of hydrogen-bond acceptors (Lipinski definition) is 5. The number of rotatable bonds is 6. The van der Waals surface area contributed by atoms with Crippen LogP contribution in [0.5, 0.6) is 5.75 Å². The van der Waals surface area contributed by atoms with Crippen molar-refractivity contribution < 1.29 is 9.53 Å². The van der Waals surface area contributed by atoms with E-state index in [0.717, 1.165) is 11.3 Å². The summed E-state index contributed by atoms with van der Waals surface area (Å²) in [5.74, 6) is 0.745. The minimum Gasteiger partial charge on any atom is -0.497 e. The van der Waals surface area contributed by atoms with Crippen LogP contribution in [0.25, 0.3) is 0 Å². The molecule has 2 aromatic rings. The maximum absolute atomic E-state index is 12.7. The Balaban J connectivity index is 1.67. The standard InChI is InChI=1S/C17H20N4O3/c1-24-14-4-2-3-12(5-14)7-17(9-18-10-17)16(23)19-8-13-6-15(22)21-11-20-13/h2-6,11,18H,7-10H2,1H3,(H,19,23)(H,20,21,22). The van der Waals surface area contributed by atoms with E-state index in [1.165, 1.54) is 12.4 Å². The summed E-state index contributed by atoms with van der Waals surface area (Å²) in [7, 11) is 1.63. The number of carbonyl (C=O) groups excluding carboxylic acids is 1. The maximum Gasteiger partial charge on any atom is 0.250 e. The number of methoxy groups -OCH3 is 1. The van der Waals surface area contributed by atoms with Crippen molar-refractivity contribution in [2.75, 3.05) is 20.2 Å². The molecule has 1 amide bonds. The van der Waals surface area contributed by atoms with Gasteiger partial charge in [0.05, 0.1) is 31.1 Å². The van der Waals surface area contributed by atoms with E-state index in [9.17, 15) is 9.59 Å². The summed E-state index contributed by atoms with van der Waals surface area (Å²) in [6, 6.07) is 9.13. The van der Waals surface area contributed by atoms with Crippen LogP contribution in [0.15, 0.2) is 41.5 Å². The van der Waals surface area contributed by atoms with Crippen molar-refractivity contribution in [2.24, 2.45) is 5.41 Å². The summed E-state index contributed by atoms with van der Waals surface area (Å²) >= 11 is 0. The molecular formula is C17H20N4O3. The Morgan fingerprint density at radius 1 is 1.38 bits per heavy atom. The Bertz CT molecular complexity index is 783. The number of aromatic nitrogens is 2. The summed E-state index contributed by atoms with van der Waals surface area (Å²) in [5, 5.41) is 6.07. The van der Waals surface area contributed by atoms with Crippen LogP contribution in [0.3, 0.4) is 0 Å². The molecule has 7 nitrogen and oxygen atoms in total. The number of nitrogens with zero attached hydrogens (tertiary/aromatic N) is 1. The lowest BCUT2D eigenvalue weighted by atomic mass is 9.75. The molecule has 2 heterocycles. The Kier molecular flexibility index (Phi) is 4.61. The van der Waals surface area contributed by atoms with Gasteiger partial charge in [-0.3, -0.25) is 9.59 Å². The minimum atomic E-state index is -0.479. The molecule has 3 rings (SSSR count). The first-order valence-corrected chi connectivity index (χ1v) is 7.77. The molecule has 0 spiro atoms. The van der Waals surface area contributed by atoms with Gasteiger partial charge in [0.1, 0.15) is 5.75 Å². The summed E-state index contributed by atoms with van der Waals surface area (Å²) in [5.41, 5.74) is 0.884. The second-order valence-electron chi connectivity index (χ2n) is 6.00. The van der Waals surface area contributed by atoms with E-state index >= 15 is 0 Å². The molecule has 1 saturated heterocycles. The zero-order chi connectivity index (χ0) is 17.0. The van der Waals surface area contributed by atoms with Crippen LogP contribution < -0.4 is 20.9 Å². The molecule has 1 aromatic carbocycles. The highest BCUT2D eigenvalue weighted by atomic mass is 16.5. The third-order valence-electron chi connectivity index (χ3n) is 4.25. The van der Waals surface area contributed by atoms with Gasteiger partial charge in [-0.25, -0.2) is 4.98 Å². The Morgan fingerprint density at radius 2 is 2.21 bits per heavy atom. The fourth-order valence-corrected chi connectivity index (χ4v) is 2.83. The van der Waals surface area contributed by atoms with Crippen LogP contribution >= 0.6 is 0 Å². The van der Waals surface area contributed by atoms with Crippen LogP contribution in [-0.4, -0.2) is 36.1 Å². The van der Waals surface area contributed by atoms with Crippen molar-refractivity contribution in [1.82, 2.24) is 20.6 Å². The second kappa shape index (κ2) is 6.84. The highest BCUT2D eigenvalue weighted by Crippen LogP contribution is 2.29. The van der Waals surface area contributed by atoms with Gasteiger partial charge in [-0.05, 0) is 24.1 Å². The van der Waals surface area contributed by atoms with Gasteiger partial charge >= 0.3 is 0 Å². The van der Waals surface area contributed by atoms with Crippen molar-refractivity contribution in [2.45, 2.75) is 13.0 Å². The molecule has 1 aliphatic rings. The van der Waals surface area contributed by atoms with Crippen LogP contribution in [0.1, 0.15) is 11.3 Å². The summed E-state index contributed by atoms with van der Waals surface area (Å²) < 4.78 is 5.24. The predicted molar refractivity (Wildman–Crippen MR) is 88.7 cm³/mol. The molecular weight excluding hydrogens is 308 g/mol. The van der Waals surface area contributed by atoms with Gasteiger partial charge in [0.2, 0.25) is 5.91 Å². The van der Waals surface area contributed by atoms with Crippen LogP contribution in [0.2, 0.25) is 0 Å². The van der Waals surface area contributed by atoms with Gasteiger partial charge < -0.3 is 20.4 Å². The molecule has 0 bridgehead atoms. The molecule has 7 heteroatoms. The lowest BCUT2D eigenvalue weighted by Gasteiger charge is -2.41. The summed E-state index contributed by atoms with van der Waals surface area (Å²) in [6.45, 7) is 1.49. The van der Waals surface area contributed by atoms with E-state index in [0.29, 0.717) is 25.2 Å². The van der Waals surface area contributed by atoms with E-state index in [1.807, 2.05) is 24.3 Å². The SMILES string of the molecule is COc1cccc(CC2(C(=O)NCc3cc(=O)[nH]cn3)CNC2)c1. The first kappa shape index (κ1) is 16.2. The zero-order valence-electron chi connectivity index (χ0n) is 13.5. The number of hydrogen-bond donors (Lipinski definition) is 3.